The third kappa shape index (κ3) is 4.39. The molecule has 0 heterocycles. The van der Waals surface area contributed by atoms with Crippen molar-refractivity contribution in [1.82, 2.24) is 0 Å². The number of rotatable bonds is 4. The van der Waals surface area contributed by atoms with Crippen LogP contribution in [0.5, 0.6) is 0 Å². The van der Waals surface area contributed by atoms with E-state index in [9.17, 15) is 0 Å². The second-order valence-corrected chi connectivity index (χ2v) is 2.45. The summed E-state index contributed by atoms with van der Waals surface area (Å²) >= 11 is 0. The molecule has 9 heavy (non-hydrogen) atoms. The van der Waals surface area contributed by atoms with Gasteiger partial charge >= 0.3 is 0 Å². The Morgan fingerprint density at radius 2 is 2.22 bits per heavy atom. The maximum Gasteiger partial charge on any atom is 0.0665 e. The first-order valence-corrected chi connectivity index (χ1v) is 3.10. The van der Waals surface area contributed by atoms with E-state index in [4.69, 9.17) is 15.6 Å². The van der Waals surface area contributed by atoms with Gasteiger partial charge in [-0.2, -0.15) is 0 Å². The highest BCUT2D eigenvalue weighted by Crippen LogP contribution is 1.96. The Balaban J connectivity index is 3.33. The fraction of sp³-hybridized carbons (Fsp3) is 1.00. The Bertz CT molecular complexity index is 73.5. The maximum atomic E-state index is 8.62. The molecular formula is C6H15NO2. The number of nitrogens with two attached hydrogens (primary N) is 1. The minimum atomic E-state index is -0.573. The molecule has 0 saturated carbocycles. The van der Waals surface area contributed by atoms with E-state index in [-0.39, 0.29) is 6.61 Å². The number of aliphatic hydroxyl groups excluding tert-OH is 1. The van der Waals surface area contributed by atoms with Crippen molar-refractivity contribution >= 4 is 0 Å². The molecule has 3 nitrogen and oxygen atoms in total. The van der Waals surface area contributed by atoms with Crippen LogP contribution in [0.2, 0.25) is 0 Å². The van der Waals surface area contributed by atoms with Gasteiger partial charge in [0.15, 0.2) is 0 Å². The SMILES string of the molecule is CCOCC(C)(N)CO. The van der Waals surface area contributed by atoms with Gasteiger partial charge in [0, 0.05) is 6.61 Å². The summed E-state index contributed by atoms with van der Waals surface area (Å²) in [6.45, 7) is 4.68. The predicted molar refractivity (Wildman–Crippen MR) is 36.2 cm³/mol. The van der Waals surface area contributed by atoms with E-state index in [0.717, 1.165) is 0 Å². The van der Waals surface area contributed by atoms with Gasteiger partial charge in [-0.1, -0.05) is 0 Å². The average molecular weight is 133 g/mol. The molecule has 0 aromatic rings. The van der Waals surface area contributed by atoms with Gasteiger partial charge in [0.25, 0.3) is 0 Å². The van der Waals surface area contributed by atoms with Gasteiger partial charge < -0.3 is 15.6 Å². The second-order valence-electron chi connectivity index (χ2n) is 2.45. The molecule has 0 rings (SSSR count). The van der Waals surface area contributed by atoms with Gasteiger partial charge in [-0.05, 0) is 13.8 Å². The molecule has 56 valence electrons. The van der Waals surface area contributed by atoms with Crippen LogP contribution in [0, 0.1) is 0 Å². The summed E-state index contributed by atoms with van der Waals surface area (Å²) in [4.78, 5) is 0. The third-order valence-electron chi connectivity index (χ3n) is 0.997. The minimum Gasteiger partial charge on any atom is -0.394 e. The predicted octanol–water partition coefficient (Wildman–Crippen LogP) is -0.267. The molecule has 0 saturated heterocycles. The van der Waals surface area contributed by atoms with E-state index in [1.54, 1.807) is 6.92 Å². The van der Waals surface area contributed by atoms with Crippen LogP contribution in [0.25, 0.3) is 0 Å². The minimum absolute atomic E-state index is 0.0347. The Labute approximate surface area is 55.8 Å². The van der Waals surface area contributed by atoms with Crippen molar-refractivity contribution in [2.24, 2.45) is 5.73 Å². The van der Waals surface area contributed by atoms with Crippen molar-refractivity contribution in [3.63, 3.8) is 0 Å². The van der Waals surface area contributed by atoms with Crippen molar-refractivity contribution in [2.75, 3.05) is 19.8 Å². The fourth-order valence-corrected chi connectivity index (χ4v) is 0.381. The largest absolute Gasteiger partial charge is 0.394 e. The number of ether oxygens (including phenoxy) is 1. The molecule has 0 fully saturated rings. The lowest BCUT2D eigenvalue weighted by atomic mass is 10.1. The lowest BCUT2D eigenvalue weighted by Crippen LogP contribution is -2.44. The highest BCUT2D eigenvalue weighted by molar-refractivity contribution is 4.75. The van der Waals surface area contributed by atoms with Crippen LogP contribution in [0.3, 0.4) is 0 Å². The molecule has 0 aliphatic heterocycles. The van der Waals surface area contributed by atoms with Gasteiger partial charge in [-0.25, -0.2) is 0 Å². The van der Waals surface area contributed by atoms with Gasteiger partial charge in [-0.3, -0.25) is 0 Å². The zero-order valence-electron chi connectivity index (χ0n) is 6.05. The van der Waals surface area contributed by atoms with Crippen molar-refractivity contribution in [1.29, 1.82) is 0 Å². The summed E-state index contributed by atoms with van der Waals surface area (Å²) in [5.41, 5.74) is 4.95. The number of aliphatic hydroxyl groups is 1. The molecule has 0 aromatic carbocycles. The van der Waals surface area contributed by atoms with Crippen LogP contribution in [-0.2, 0) is 4.74 Å². The lowest BCUT2D eigenvalue weighted by molar-refractivity contribution is 0.0704. The van der Waals surface area contributed by atoms with Crippen LogP contribution in [0.1, 0.15) is 13.8 Å². The molecule has 0 bridgehead atoms. The van der Waals surface area contributed by atoms with Crippen LogP contribution in [-0.4, -0.2) is 30.5 Å². The molecule has 0 spiro atoms. The molecule has 0 aliphatic carbocycles. The normalized spacial score (nSPS) is 17.3. The summed E-state index contributed by atoms with van der Waals surface area (Å²) in [6, 6.07) is 0. The number of hydrogen-bond acceptors (Lipinski definition) is 3. The van der Waals surface area contributed by atoms with E-state index >= 15 is 0 Å². The third-order valence-corrected chi connectivity index (χ3v) is 0.997. The number of hydrogen-bond donors (Lipinski definition) is 2. The highest BCUT2D eigenvalue weighted by atomic mass is 16.5. The van der Waals surface area contributed by atoms with Gasteiger partial charge in [-0.15, -0.1) is 0 Å². The standard InChI is InChI=1S/C6H15NO2/c1-3-9-5-6(2,7)4-8/h8H,3-5,7H2,1-2H3. The zero-order chi connectivity index (χ0) is 7.33. The van der Waals surface area contributed by atoms with E-state index < -0.39 is 5.54 Å². The molecule has 3 N–H and O–H groups in total. The summed E-state index contributed by atoms with van der Waals surface area (Å²) < 4.78 is 5.00. The molecular weight excluding hydrogens is 118 g/mol. The lowest BCUT2D eigenvalue weighted by Gasteiger charge is -2.20. The summed E-state index contributed by atoms with van der Waals surface area (Å²) in [5.74, 6) is 0. The molecule has 0 aliphatic rings. The quantitative estimate of drug-likeness (QED) is 0.555. The van der Waals surface area contributed by atoms with Crippen LogP contribution in [0.4, 0.5) is 0 Å². The first-order chi connectivity index (χ1) is 4.12. The van der Waals surface area contributed by atoms with E-state index in [1.165, 1.54) is 0 Å². The average Bonchev–Trinajstić information content (AvgIpc) is 1.84. The van der Waals surface area contributed by atoms with E-state index in [2.05, 4.69) is 0 Å². The van der Waals surface area contributed by atoms with Crippen molar-refractivity contribution in [2.45, 2.75) is 19.4 Å². The molecule has 1 atom stereocenters. The van der Waals surface area contributed by atoms with Crippen molar-refractivity contribution < 1.29 is 9.84 Å². The Morgan fingerprint density at radius 3 is 2.56 bits per heavy atom. The smallest absolute Gasteiger partial charge is 0.0665 e. The molecule has 0 radical (unpaired) electrons. The van der Waals surface area contributed by atoms with E-state index in [0.29, 0.717) is 13.2 Å². The first kappa shape index (κ1) is 8.88. The summed E-state index contributed by atoms with van der Waals surface area (Å²) in [6.07, 6.45) is 0. The second kappa shape index (κ2) is 3.82. The van der Waals surface area contributed by atoms with Gasteiger partial charge in [0.05, 0.1) is 18.8 Å². The monoisotopic (exact) mass is 133 g/mol. The molecule has 0 aromatic heterocycles. The van der Waals surface area contributed by atoms with Crippen molar-refractivity contribution in [3.05, 3.63) is 0 Å². The summed E-state index contributed by atoms with van der Waals surface area (Å²) in [5, 5.41) is 8.62. The molecule has 1 unspecified atom stereocenters. The van der Waals surface area contributed by atoms with Crippen LogP contribution >= 0.6 is 0 Å². The van der Waals surface area contributed by atoms with Gasteiger partial charge in [0.1, 0.15) is 0 Å². The zero-order valence-corrected chi connectivity index (χ0v) is 6.05. The first-order valence-electron chi connectivity index (χ1n) is 3.10. The Morgan fingerprint density at radius 1 is 1.67 bits per heavy atom. The van der Waals surface area contributed by atoms with Gasteiger partial charge in [0.2, 0.25) is 0 Å². The summed E-state index contributed by atoms with van der Waals surface area (Å²) in [7, 11) is 0. The highest BCUT2D eigenvalue weighted by Gasteiger charge is 2.15. The van der Waals surface area contributed by atoms with Crippen LogP contribution < -0.4 is 5.73 Å². The van der Waals surface area contributed by atoms with Crippen LogP contribution in [0.15, 0.2) is 0 Å². The topological polar surface area (TPSA) is 55.5 Å². The Kier molecular flexibility index (Phi) is 3.77. The van der Waals surface area contributed by atoms with E-state index in [1.807, 2.05) is 6.92 Å². The maximum absolute atomic E-state index is 8.62. The molecule has 3 heteroatoms. The molecule has 0 amide bonds. The Hall–Kier alpha value is -0.120. The fourth-order valence-electron chi connectivity index (χ4n) is 0.381. The van der Waals surface area contributed by atoms with Crippen molar-refractivity contribution in [3.8, 4) is 0 Å².